The molecule has 1 aliphatic heterocycles. The van der Waals surface area contributed by atoms with Crippen LogP contribution in [-0.2, 0) is 11.3 Å². The molecule has 1 amide bonds. The van der Waals surface area contributed by atoms with Crippen LogP contribution in [0.15, 0.2) is 53.6 Å². The predicted octanol–water partition coefficient (Wildman–Crippen LogP) is 4.23. The Morgan fingerprint density at radius 1 is 1.15 bits per heavy atom. The zero-order valence-electron chi connectivity index (χ0n) is 15.3. The fourth-order valence-electron chi connectivity index (χ4n) is 3.19. The lowest BCUT2D eigenvalue weighted by Gasteiger charge is -2.30. The summed E-state index contributed by atoms with van der Waals surface area (Å²) in [4.78, 5) is 14.7. The molecule has 0 bridgehead atoms. The largest absolute Gasteiger partial charge is 0.299 e. The van der Waals surface area contributed by atoms with Crippen molar-refractivity contribution in [1.29, 1.82) is 0 Å². The Morgan fingerprint density at radius 2 is 1.78 bits per heavy atom. The highest BCUT2D eigenvalue weighted by Gasteiger charge is 2.24. The summed E-state index contributed by atoms with van der Waals surface area (Å²) < 4.78 is 13.0. The number of nitrogens with zero attached hydrogens (tertiary/aromatic N) is 2. The molecule has 27 heavy (non-hydrogen) atoms. The van der Waals surface area contributed by atoms with Gasteiger partial charge in [-0.15, -0.1) is 0 Å². The topological polar surface area (TPSA) is 44.7 Å². The number of amides is 1. The lowest BCUT2D eigenvalue weighted by Crippen LogP contribution is -2.39. The van der Waals surface area contributed by atoms with Crippen molar-refractivity contribution in [3.05, 3.63) is 70.5 Å². The molecule has 1 N–H and O–H groups in total. The quantitative estimate of drug-likeness (QED) is 0.616. The Kier molecular flexibility index (Phi) is 6.58. The number of carbonyl (C=O) groups is 1. The van der Waals surface area contributed by atoms with Crippen molar-refractivity contribution in [2.75, 3.05) is 13.1 Å². The molecular formula is C21H23ClFN3O. The molecule has 0 spiro atoms. The number of carbonyl (C=O) groups excluding carboxylic acids is 1. The maximum absolute atomic E-state index is 13.0. The van der Waals surface area contributed by atoms with Gasteiger partial charge < -0.3 is 0 Å². The number of rotatable bonds is 5. The fourth-order valence-corrected chi connectivity index (χ4v) is 3.31. The van der Waals surface area contributed by atoms with Crippen molar-refractivity contribution < 1.29 is 9.18 Å². The van der Waals surface area contributed by atoms with Gasteiger partial charge in [-0.1, -0.05) is 35.9 Å². The summed E-state index contributed by atoms with van der Waals surface area (Å²) in [6.45, 7) is 4.32. The number of hydrazone groups is 1. The van der Waals surface area contributed by atoms with Crippen LogP contribution < -0.4 is 5.43 Å². The van der Waals surface area contributed by atoms with Crippen molar-refractivity contribution in [2.45, 2.75) is 26.3 Å². The van der Waals surface area contributed by atoms with Crippen molar-refractivity contribution >= 4 is 23.2 Å². The highest BCUT2D eigenvalue weighted by Crippen LogP contribution is 2.19. The summed E-state index contributed by atoms with van der Waals surface area (Å²) in [5.41, 5.74) is 5.45. The molecule has 1 fully saturated rings. The lowest BCUT2D eigenvalue weighted by molar-refractivity contribution is -0.126. The minimum atomic E-state index is -0.219. The summed E-state index contributed by atoms with van der Waals surface area (Å²) in [5, 5.41) is 4.89. The monoisotopic (exact) mass is 387 g/mol. The van der Waals surface area contributed by atoms with E-state index in [1.165, 1.54) is 12.1 Å². The van der Waals surface area contributed by atoms with Gasteiger partial charge in [0, 0.05) is 17.5 Å². The molecule has 2 aromatic rings. The van der Waals surface area contributed by atoms with Crippen LogP contribution in [0.2, 0.25) is 5.02 Å². The Balaban J connectivity index is 1.47. The number of benzene rings is 2. The minimum absolute atomic E-state index is 0.0313. The Bertz CT molecular complexity index is 797. The Hall–Kier alpha value is -2.24. The second kappa shape index (κ2) is 9.11. The fraction of sp³-hybridized carbons (Fsp3) is 0.333. The third-order valence-corrected chi connectivity index (χ3v) is 5.13. The molecule has 0 aliphatic carbocycles. The molecule has 1 aliphatic rings. The molecule has 0 radical (unpaired) electrons. The maximum atomic E-state index is 13.0. The minimum Gasteiger partial charge on any atom is -0.299 e. The van der Waals surface area contributed by atoms with Gasteiger partial charge in [0.25, 0.3) is 0 Å². The first-order chi connectivity index (χ1) is 13.0. The molecule has 2 aromatic carbocycles. The summed E-state index contributed by atoms with van der Waals surface area (Å²) in [6, 6.07) is 13.9. The second-order valence-electron chi connectivity index (χ2n) is 6.86. The number of nitrogens with one attached hydrogen (secondary N) is 1. The van der Waals surface area contributed by atoms with E-state index >= 15 is 0 Å². The second-order valence-corrected chi connectivity index (χ2v) is 7.29. The van der Waals surface area contributed by atoms with Gasteiger partial charge in [-0.05, 0) is 68.2 Å². The van der Waals surface area contributed by atoms with Gasteiger partial charge in [0.15, 0.2) is 0 Å². The van der Waals surface area contributed by atoms with Crippen LogP contribution in [0.3, 0.4) is 0 Å². The smallest absolute Gasteiger partial charge is 0.243 e. The standard InChI is InChI=1S/C21H23ClFN3O/c1-15(17-4-6-19(22)7-5-17)24-25-21(27)18-10-12-26(13-11-18)14-16-2-8-20(23)9-3-16/h2-9,18H,10-14H2,1H3,(H,25,27). The van der Waals surface area contributed by atoms with Crippen molar-refractivity contribution in [1.82, 2.24) is 10.3 Å². The number of piperidine rings is 1. The number of hydrogen-bond donors (Lipinski definition) is 1. The summed E-state index contributed by atoms with van der Waals surface area (Å²) in [5.74, 6) is -0.287. The molecule has 3 rings (SSSR count). The van der Waals surface area contributed by atoms with E-state index < -0.39 is 0 Å². The van der Waals surface area contributed by atoms with Crippen molar-refractivity contribution in [3.63, 3.8) is 0 Å². The number of likely N-dealkylation sites (tertiary alicyclic amines) is 1. The van der Waals surface area contributed by atoms with E-state index in [-0.39, 0.29) is 17.6 Å². The number of halogens is 2. The van der Waals surface area contributed by atoms with Crippen LogP contribution in [0.1, 0.15) is 30.9 Å². The molecule has 0 unspecified atom stereocenters. The van der Waals surface area contributed by atoms with E-state index in [1.807, 2.05) is 31.2 Å². The van der Waals surface area contributed by atoms with Crippen LogP contribution in [0.4, 0.5) is 4.39 Å². The van der Waals surface area contributed by atoms with E-state index in [1.54, 1.807) is 12.1 Å². The molecule has 142 valence electrons. The maximum Gasteiger partial charge on any atom is 0.243 e. The van der Waals surface area contributed by atoms with Gasteiger partial charge in [0.05, 0.1) is 5.71 Å². The third kappa shape index (κ3) is 5.62. The van der Waals surface area contributed by atoms with Gasteiger partial charge in [0.2, 0.25) is 5.91 Å². The summed E-state index contributed by atoms with van der Waals surface area (Å²) >= 11 is 5.88. The van der Waals surface area contributed by atoms with Gasteiger partial charge in [0.1, 0.15) is 5.82 Å². The molecule has 6 heteroatoms. The summed E-state index contributed by atoms with van der Waals surface area (Å²) in [6.07, 6.45) is 1.59. The van der Waals surface area contributed by atoms with Gasteiger partial charge in [-0.2, -0.15) is 5.10 Å². The first kappa shape index (κ1) is 19.5. The molecule has 1 heterocycles. The molecule has 0 aromatic heterocycles. The SMILES string of the molecule is CC(=NNC(=O)C1CCN(Cc2ccc(F)cc2)CC1)c1ccc(Cl)cc1. The Morgan fingerprint density at radius 3 is 2.41 bits per heavy atom. The molecule has 0 saturated carbocycles. The highest BCUT2D eigenvalue weighted by atomic mass is 35.5. The number of hydrogen-bond acceptors (Lipinski definition) is 3. The zero-order chi connectivity index (χ0) is 19.2. The van der Waals surface area contributed by atoms with Crippen LogP contribution in [0.25, 0.3) is 0 Å². The van der Waals surface area contributed by atoms with Crippen LogP contribution in [0, 0.1) is 11.7 Å². The third-order valence-electron chi connectivity index (χ3n) is 4.87. The highest BCUT2D eigenvalue weighted by molar-refractivity contribution is 6.30. The first-order valence-electron chi connectivity index (χ1n) is 9.08. The van der Waals surface area contributed by atoms with E-state index in [9.17, 15) is 9.18 Å². The lowest BCUT2D eigenvalue weighted by atomic mass is 9.96. The van der Waals surface area contributed by atoms with E-state index in [0.29, 0.717) is 5.02 Å². The zero-order valence-corrected chi connectivity index (χ0v) is 16.0. The molecule has 1 saturated heterocycles. The van der Waals surface area contributed by atoms with E-state index in [0.717, 1.165) is 49.3 Å². The van der Waals surface area contributed by atoms with Gasteiger partial charge in [-0.25, -0.2) is 9.82 Å². The van der Waals surface area contributed by atoms with Gasteiger partial charge in [-0.3, -0.25) is 9.69 Å². The van der Waals surface area contributed by atoms with Crippen LogP contribution in [0.5, 0.6) is 0 Å². The average molecular weight is 388 g/mol. The normalized spacial score (nSPS) is 16.3. The van der Waals surface area contributed by atoms with Crippen molar-refractivity contribution in [3.8, 4) is 0 Å². The van der Waals surface area contributed by atoms with E-state index in [2.05, 4.69) is 15.4 Å². The average Bonchev–Trinajstić information content (AvgIpc) is 2.69. The Labute approximate surface area is 164 Å². The molecular weight excluding hydrogens is 365 g/mol. The first-order valence-corrected chi connectivity index (χ1v) is 9.46. The summed E-state index contributed by atoms with van der Waals surface area (Å²) in [7, 11) is 0. The molecule has 4 nitrogen and oxygen atoms in total. The van der Waals surface area contributed by atoms with Crippen LogP contribution in [-0.4, -0.2) is 29.6 Å². The van der Waals surface area contributed by atoms with Gasteiger partial charge >= 0.3 is 0 Å². The van der Waals surface area contributed by atoms with Crippen molar-refractivity contribution in [2.24, 2.45) is 11.0 Å². The van der Waals surface area contributed by atoms with E-state index in [4.69, 9.17) is 11.6 Å². The van der Waals surface area contributed by atoms with Crippen LogP contribution >= 0.6 is 11.6 Å². The predicted molar refractivity (Wildman–Crippen MR) is 106 cm³/mol. The molecule has 0 atom stereocenters.